The summed E-state index contributed by atoms with van der Waals surface area (Å²) in [6.45, 7) is 12.4. The molecule has 0 atom stereocenters. The summed E-state index contributed by atoms with van der Waals surface area (Å²) in [5.41, 5.74) is 0.458. The summed E-state index contributed by atoms with van der Waals surface area (Å²) in [4.78, 5) is 2.46. The average Bonchev–Trinajstić information content (AvgIpc) is 2.78. The normalized spacial score (nSPS) is 18.6. The fourth-order valence-corrected chi connectivity index (χ4v) is 3.34. The molecule has 1 aliphatic carbocycles. The average molecular weight is 270 g/mol. The van der Waals surface area contributed by atoms with Gasteiger partial charge in [-0.3, -0.25) is 0 Å². The Balaban J connectivity index is 2.49. The maximum atomic E-state index is 9.21. The number of nitrogens with one attached hydrogen (secondary N) is 1. The van der Waals surface area contributed by atoms with E-state index in [0.717, 1.165) is 38.6 Å². The number of hydrogen-bond acceptors (Lipinski definition) is 3. The molecule has 0 aromatic heterocycles. The second-order valence-electron chi connectivity index (χ2n) is 6.73. The molecule has 0 unspecified atom stereocenters. The van der Waals surface area contributed by atoms with Crippen molar-refractivity contribution in [3.63, 3.8) is 0 Å². The second-order valence-corrected chi connectivity index (χ2v) is 6.73. The lowest BCUT2D eigenvalue weighted by molar-refractivity contribution is 0.124. The van der Waals surface area contributed by atoms with Gasteiger partial charge in [-0.15, -0.1) is 0 Å². The molecule has 1 fully saturated rings. The van der Waals surface area contributed by atoms with Gasteiger partial charge in [0.15, 0.2) is 0 Å². The molecule has 0 aromatic rings. The van der Waals surface area contributed by atoms with Gasteiger partial charge in [-0.2, -0.15) is 0 Å². The molecule has 1 saturated carbocycles. The summed E-state index contributed by atoms with van der Waals surface area (Å²) < 4.78 is 0. The van der Waals surface area contributed by atoms with Crippen LogP contribution in [0.25, 0.3) is 0 Å². The molecule has 0 spiro atoms. The molecule has 3 heteroatoms. The molecule has 19 heavy (non-hydrogen) atoms. The molecule has 0 radical (unpaired) electrons. The first-order valence-corrected chi connectivity index (χ1v) is 8.16. The van der Waals surface area contributed by atoms with Gasteiger partial charge >= 0.3 is 0 Å². The lowest BCUT2D eigenvalue weighted by Gasteiger charge is -2.35. The maximum absolute atomic E-state index is 9.21. The molecular weight excluding hydrogens is 236 g/mol. The van der Waals surface area contributed by atoms with Crippen LogP contribution in [0.5, 0.6) is 0 Å². The molecule has 0 aromatic carbocycles. The number of nitrogens with zero attached hydrogens (tertiary/aromatic N) is 1. The molecular formula is C16H34N2O. The molecule has 3 nitrogen and oxygen atoms in total. The quantitative estimate of drug-likeness (QED) is 0.640. The molecule has 0 aliphatic heterocycles. The van der Waals surface area contributed by atoms with Crippen LogP contribution in [0.4, 0.5) is 0 Å². The van der Waals surface area contributed by atoms with Gasteiger partial charge in [0.25, 0.3) is 0 Å². The van der Waals surface area contributed by atoms with E-state index >= 15 is 0 Å². The van der Waals surface area contributed by atoms with Crippen LogP contribution in [0, 0.1) is 11.3 Å². The minimum atomic E-state index is 0.287. The van der Waals surface area contributed by atoms with Crippen molar-refractivity contribution < 1.29 is 5.11 Å². The monoisotopic (exact) mass is 270 g/mol. The lowest BCUT2D eigenvalue weighted by atomic mass is 9.85. The van der Waals surface area contributed by atoms with Gasteiger partial charge in [0.05, 0.1) is 6.61 Å². The fraction of sp³-hybridized carbons (Fsp3) is 1.00. The van der Waals surface area contributed by atoms with E-state index in [1.165, 1.54) is 32.1 Å². The standard InChI is InChI=1S/C16H34N2O/c1-4-9-18(10-11-19)14-16(7-5-6-8-16)13-17-12-15(2)3/h15,17,19H,4-14H2,1-3H3. The third-order valence-electron chi connectivity index (χ3n) is 4.23. The Morgan fingerprint density at radius 3 is 2.42 bits per heavy atom. The fourth-order valence-electron chi connectivity index (χ4n) is 3.34. The van der Waals surface area contributed by atoms with Gasteiger partial charge in [-0.1, -0.05) is 33.6 Å². The number of hydrogen-bond donors (Lipinski definition) is 2. The van der Waals surface area contributed by atoms with E-state index < -0.39 is 0 Å². The number of aliphatic hydroxyl groups is 1. The van der Waals surface area contributed by atoms with E-state index in [-0.39, 0.29) is 6.61 Å². The van der Waals surface area contributed by atoms with Gasteiger partial charge in [0, 0.05) is 19.6 Å². The molecule has 0 amide bonds. The number of rotatable bonds is 10. The van der Waals surface area contributed by atoms with E-state index in [1.54, 1.807) is 0 Å². The Bertz CT molecular complexity index is 219. The summed E-state index contributed by atoms with van der Waals surface area (Å²) in [6, 6.07) is 0. The Morgan fingerprint density at radius 2 is 1.89 bits per heavy atom. The summed E-state index contributed by atoms with van der Waals surface area (Å²) in [7, 11) is 0. The van der Waals surface area contributed by atoms with Crippen molar-refractivity contribution >= 4 is 0 Å². The molecule has 0 saturated heterocycles. The molecule has 2 N–H and O–H groups in total. The lowest BCUT2D eigenvalue weighted by Crippen LogP contribution is -2.44. The highest BCUT2D eigenvalue weighted by atomic mass is 16.3. The zero-order valence-corrected chi connectivity index (χ0v) is 13.2. The van der Waals surface area contributed by atoms with Crippen LogP contribution in [-0.4, -0.2) is 49.3 Å². The highest BCUT2D eigenvalue weighted by Crippen LogP contribution is 2.38. The number of aliphatic hydroxyl groups excluding tert-OH is 1. The summed E-state index contributed by atoms with van der Waals surface area (Å²) >= 11 is 0. The van der Waals surface area contributed by atoms with E-state index in [9.17, 15) is 5.11 Å². The topological polar surface area (TPSA) is 35.5 Å². The van der Waals surface area contributed by atoms with Crippen molar-refractivity contribution in [3.05, 3.63) is 0 Å². The van der Waals surface area contributed by atoms with Gasteiger partial charge in [-0.25, -0.2) is 0 Å². The zero-order valence-electron chi connectivity index (χ0n) is 13.2. The summed E-state index contributed by atoms with van der Waals surface area (Å²) in [5.74, 6) is 0.725. The SMILES string of the molecule is CCCN(CCO)CC1(CNCC(C)C)CCCC1. The van der Waals surface area contributed by atoms with Crippen molar-refractivity contribution in [2.45, 2.75) is 52.9 Å². The third-order valence-corrected chi connectivity index (χ3v) is 4.23. The van der Waals surface area contributed by atoms with Crippen LogP contribution in [0.2, 0.25) is 0 Å². The minimum absolute atomic E-state index is 0.287. The first-order valence-electron chi connectivity index (χ1n) is 8.16. The van der Waals surface area contributed by atoms with Gasteiger partial charge < -0.3 is 15.3 Å². The van der Waals surface area contributed by atoms with E-state index in [4.69, 9.17) is 0 Å². The van der Waals surface area contributed by atoms with Crippen molar-refractivity contribution in [2.24, 2.45) is 11.3 Å². The Hall–Kier alpha value is -0.120. The van der Waals surface area contributed by atoms with Gasteiger partial charge in [-0.05, 0) is 43.7 Å². The smallest absolute Gasteiger partial charge is 0.0558 e. The Kier molecular flexibility index (Phi) is 7.96. The van der Waals surface area contributed by atoms with Crippen LogP contribution in [0.3, 0.4) is 0 Å². The van der Waals surface area contributed by atoms with Crippen molar-refractivity contribution in [2.75, 3.05) is 39.3 Å². The maximum Gasteiger partial charge on any atom is 0.0558 e. The highest BCUT2D eigenvalue weighted by molar-refractivity contribution is 4.89. The highest BCUT2D eigenvalue weighted by Gasteiger charge is 2.34. The minimum Gasteiger partial charge on any atom is -0.395 e. The predicted molar refractivity (Wildman–Crippen MR) is 82.4 cm³/mol. The van der Waals surface area contributed by atoms with Crippen molar-refractivity contribution in [3.8, 4) is 0 Å². The predicted octanol–water partition coefficient (Wildman–Crippen LogP) is 2.50. The van der Waals surface area contributed by atoms with Gasteiger partial charge in [0.2, 0.25) is 0 Å². The molecule has 1 rings (SSSR count). The van der Waals surface area contributed by atoms with E-state index in [1.807, 2.05) is 0 Å². The van der Waals surface area contributed by atoms with E-state index in [0.29, 0.717) is 5.41 Å². The van der Waals surface area contributed by atoms with Crippen molar-refractivity contribution in [1.29, 1.82) is 0 Å². The first-order chi connectivity index (χ1) is 9.12. The van der Waals surface area contributed by atoms with Crippen molar-refractivity contribution in [1.82, 2.24) is 10.2 Å². The third kappa shape index (κ3) is 6.24. The Labute approximate surface area is 119 Å². The zero-order chi connectivity index (χ0) is 14.1. The van der Waals surface area contributed by atoms with Crippen LogP contribution in [-0.2, 0) is 0 Å². The largest absolute Gasteiger partial charge is 0.395 e. The van der Waals surface area contributed by atoms with Crippen LogP contribution >= 0.6 is 0 Å². The molecule has 0 heterocycles. The van der Waals surface area contributed by atoms with Crippen LogP contribution in [0.15, 0.2) is 0 Å². The Morgan fingerprint density at radius 1 is 1.21 bits per heavy atom. The summed E-state index contributed by atoms with van der Waals surface area (Å²) in [6.07, 6.45) is 6.63. The molecule has 0 bridgehead atoms. The van der Waals surface area contributed by atoms with Crippen LogP contribution in [0.1, 0.15) is 52.9 Å². The second kappa shape index (κ2) is 8.93. The summed E-state index contributed by atoms with van der Waals surface area (Å²) in [5, 5.41) is 12.9. The van der Waals surface area contributed by atoms with Gasteiger partial charge in [0.1, 0.15) is 0 Å². The van der Waals surface area contributed by atoms with E-state index in [2.05, 4.69) is 31.0 Å². The molecule has 1 aliphatic rings. The molecule has 114 valence electrons. The van der Waals surface area contributed by atoms with Crippen LogP contribution < -0.4 is 5.32 Å². The first kappa shape index (κ1) is 16.9.